The van der Waals surface area contributed by atoms with Gasteiger partial charge in [-0.05, 0) is 6.92 Å². The molecule has 7 nitrogen and oxygen atoms in total. The molecular formula is C8H12ClN5O2S. The number of nitrogens with zero attached hydrogens (tertiary/aromatic N) is 5. The van der Waals surface area contributed by atoms with Crippen LogP contribution >= 0.6 is 22.9 Å². The second kappa shape index (κ2) is 5.78. The fourth-order valence-electron chi connectivity index (χ4n) is 1.11. The highest BCUT2D eigenvalue weighted by atomic mass is 35.5. The van der Waals surface area contributed by atoms with E-state index < -0.39 is 5.03 Å². The Kier molecular flexibility index (Phi) is 4.64. The fraction of sp³-hybridized carbons (Fsp3) is 0.500. The van der Waals surface area contributed by atoms with Gasteiger partial charge in [0.15, 0.2) is 9.50 Å². The van der Waals surface area contributed by atoms with E-state index in [1.165, 1.54) is 11.3 Å². The molecule has 94 valence electrons. The zero-order chi connectivity index (χ0) is 13.0. The number of nitro groups is 1. The van der Waals surface area contributed by atoms with Gasteiger partial charge < -0.3 is 9.80 Å². The molecular weight excluding hydrogens is 266 g/mol. The van der Waals surface area contributed by atoms with Crippen molar-refractivity contribution in [2.24, 2.45) is 5.10 Å². The molecule has 0 N–H and O–H groups in total. The van der Waals surface area contributed by atoms with Crippen LogP contribution in [0.15, 0.2) is 11.3 Å². The van der Waals surface area contributed by atoms with Crippen molar-refractivity contribution < 1.29 is 5.03 Å². The molecule has 0 aromatic carbocycles. The Balaban J connectivity index is 3.02. The summed E-state index contributed by atoms with van der Waals surface area (Å²) in [4.78, 5) is 17.6. The summed E-state index contributed by atoms with van der Waals surface area (Å²) in [5, 5.41) is 13.8. The Bertz CT molecular complexity index is 435. The van der Waals surface area contributed by atoms with Crippen LogP contribution in [-0.2, 0) is 0 Å². The molecule has 0 radical (unpaired) electrons. The summed E-state index contributed by atoms with van der Waals surface area (Å²) < 4.78 is 0.381. The first-order chi connectivity index (χ1) is 7.95. The molecule has 0 atom stereocenters. The molecule has 0 fully saturated rings. The van der Waals surface area contributed by atoms with Crippen LogP contribution in [0, 0.1) is 10.1 Å². The highest BCUT2D eigenvalue weighted by Gasteiger charge is 2.18. The summed E-state index contributed by atoms with van der Waals surface area (Å²) in [6.07, 6.45) is 1.55. The van der Waals surface area contributed by atoms with E-state index in [1.807, 2.05) is 6.92 Å². The third-order valence-corrected chi connectivity index (χ3v) is 3.27. The minimum Gasteiger partial charge on any atom is -0.341 e. The van der Waals surface area contributed by atoms with Crippen LogP contribution in [0.25, 0.3) is 0 Å². The van der Waals surface area contributed by atoms with Gasteiger partial charge in [0.2, 0.25) is 0 Å². The van der Waals surface area contributed by atoms with Gasteiger partial charge >= 0.3 is 0 Å². The van der Waals surface area contributed by atoms with E-state index in [9.17, 15) is 10.1 Å². The van der Waals surface area contributed by atoms with Gasteiger partial charge in [-0.15, -0.1) is 0 Å². The maximum atomic E-state index is 10.5. The third-order valence-electron chi connectivity index (χ3n) is 2.08. The number of hydrogen-bond donors (Lipinski definition) is 0. The van der Waals surface area contributed by atoms with E-state index in [0.717, 1.165) is 0 Å². The lowest BCUT2D eigenvalue weighted by molar-refractivity contribution is -0.485. The quantitative estimate of drug-likeness (QED) is 0.364. The van der Waals surface area contributed by atoms with E-state index in [2.05, 4.69) is 10.1 Å². The van der Waals surface area contributed by atoms with E-state index in [4.69, 9.17) is 11.6 Å². The smallest absolute Gasteiger partial charge is 0.278 e. The topological polar surface area (TPSA) is 74.9 Å². The van der Waals surface area contributed by atoms with E-state index in [-0.39, 0.29) is 5.96 Å². The summed E-state index contributed by atoms with van der Waals surface area (Å²) in [5.41, 5.74) is 0. The van der Waals surface area contributed by atoms with Crippen LogP contribution < -0.4 is 4.90 Å². The lowest BCUT2D eigenvalue weighted by Gasteiger charge is -2.24. The van der Waals surface area contributed by atoms with Gasteiger partial charge in [0.25, 0.3) is 5.96 Å². The SMILES string of the molecule is CCN(C)C(=N[N+](=O)[O-])N(C)c1cnc(Cl)s1. The second-order valence-electron chi connectivity index (χ2n) is 3.16. The van der Waals surface area contributed by atoms with Crippen LogP contribution in [0.1, 0.15) is 6.92 Å². The molecule has 0 aliphatic carbocycles. The molecule has 0 bridgehead atoms. The normalized spacial score (nSPS) is 11.4. The lowest BCUT2D eigenvalue weighted by atomic mass is 10.6. The Morgan fingerprint density at radius 3 is 2.76 bits per heavy atom. The highest BCUT2D eigenvalue weighted by Crippen LogP contribution is 2.26. The molecule has 1 rings (SSSR count). The first kappa shape index (κ1) is 13.7. The van der Waals surface area contributed by atoms with Crippen molar-refractivity contribution in [1.29, 1.82) is 0 Å². The standard InChI is InChI=1S/C8H12ClN5O2S/c1-4-12(2)8(11-14(15)16)13(3)6-5-10-7(9)17-6/h5H,4H2,1-3H3. The molecule has 17 heavy (non-hydrogen) atoms. The average Bonchev–Trinajstić information content (AvgIpc) is 2.70. The average molecular weight is 278 g/mol. The Labute approximate surface area is 107 Å². The first-order valence-electron chi connectivity index (χ1n) is 4.75. The van der Waals surface area contributed by atoms with Crippen molar-refractivity contribution in [1.82, 2.24) is 9.88 Å². The number of hydrazone groups is 1. The Hall–Kier alpha value is -1.41. The van der Waals surface area contributed by atoms with E-state index >= 15 is 0 Å². The summed E-state index contributed by atoms with van der Waals surface area (Å²) in [6, 6.07) is 0. The summed E-state index contributed by atoms with van der Waals surface area (Å²) >= 11 is 6.95. The van der Waals surface area contributed by atoms with Gasteiger partial charge in [0, 0.05) is 20.6 Å². The monoisotopic (exact) mass is 277 g/mol. The molecule has 0 aliphatic heterocycles. The number of rotatable bonds is 3. The maximum Gasteiger partial charge on any atom is 0.278 e. The number of thiazole rings is 1. The maximum absolute atomic E-state index is 10.5. The number of aromatic nitrogens is 1. The predicted octanol–water partition coefficient (Wildman–Crippen LogP) is 1.73. The molecule has 0 amide bonds. The number of hydrogen-bond acceptors (Lipinski definition) is 4. The molecule has 0 unspecified atom stereocenters. The van der Waals surface area contributed by atoms with Crippen molar-refractivity contribution in [3.63, 3.8) is 0 Å². The molecule has 1 aromatic rings. The van der Waals surface area contributed by atoms with Crippen LogP contribution in [0.4, 0.5) is 5.00 Å². The van der Waals surface area contributed by atoms with Crippen LogP contribution in [-0.4, -0.2) is 41.5 Å². The van der Waals surface area contributed by atoms with Crippen molar-refractivity contribution in [2.75, 3.05) is 25.5 Å². The highest BCUT2D eigenvalue weighted by molar-refractivity contribution is 7.19. The number of anilines is 1. The minimum atomic E-state index is -0.722. The van der Waals surface area contributed by atoms with Gasteiger partial charge in [-0.3, -0.25) is 0 Å². The largest absolute Gasteiger partial charge is 0.341 e. The number of halogens is 1. The molecule has 0 aliphatic rings. The van der Waals surface area contributed by atoms with Gasteiger partial charge in [0.1, 0.15) is 10.1 Å². The van der Waals surface area contributed by atoms with Crippen molar-refractivity contribution in [2.45, 2.75) is 6.92 Å². The second-order valence-corrected chi connectivity index (χ2v) is 4.75. The molecule has 1 heterocycles. The van der Waals surface area contributed by atoms with Crippen molar-refractivity contribution in [3.05, 3.63) is 20.8 Å². The molecule has 0 saturated heterocycles. The van der Waals surface area contributed by atoms with E-state index in [0.29, 0.717) is 16.0 Å². The van der Waals surface area contributed by atoms with Crippen molar-refractivity contribution in [3.8, 4) is 0 Å². The van der Waals surface area contributed by atoms with E-state index in [1.54, 1.807) is 30.1 Å². The first-order valence-corrected chi connectivity index (χ1v) is 5.94. The van der Waals surface area contributed by atoms with Crippen molar-refractivity contribution >= 4 is 33.9 Å². The zero-order valence-corrected chi connectivity index (χ0v) is 11.2. The number of guanidine groups is 1. The lowest BCUT2D eigenvalue weighted by Crippen LogP contribution is -2.40. The summed E-state index contributed by atoms with van der Waals surface area (Å²) in [5.74, 6) is 0.234. The third kappa shape index (κ3) is 3.53. The van der Waals surface area contributed by atoms with Crippen LogP contribution in [0.2, 0.25) is 4.47 Å². The summed E-state index contributed by atoms with van der Waals surface area (Å²) in [7, 11) is 3.40. The Morgan fingerprint density at radius 1 is 1.71 bits per heavy atom. The molecule has 0 spiro atoms. The molecule has 9 heteroatoms. The van der Waals surface area contributed by atoms with Gasteiger partial charge in [-0.25, -0.2) is 15.1 Å². The minimum absolute atomic E-state index is 0.234. The van der Waals surface area contributed by atoms with Gasteiger partial charge in [-0.1, -0.05) is 22.9 Å². The van der Waals surface area contributed by atoms with Gasteiger partial charge in [0.05, 0.1) is 6.20 Å². The van der Waals surface area contributed by atoms with Crippen LogP contribution in [0.3, 0.4) is 0 Å². The van der Waals surface area contributed by atoms with Crippen LogP contribution in [0.5, 0.6) is 0 Å². The molecule has 0 saturated carbocycles. The Morgan fingerprint density at radius 2 is 2.35 bits per heavy atom. The zero-order valence-electron chi connectivity index (χ0n) is 9.62. The van der Waals surface area contributed by atoms with Gasteiger partial charge in [-0.2, -0.15) is 0 Å². The predicted molar refractivity (Wildman–Crippen MR) is 68.3 cm³/mol. The molecule has 1 aromatic heterocycles. The summed E-state index contributed by atoms with van der Waals surface area (Å²) in [6.45, 7) is 2.48. The fourth-order valence-corrected chi connectivity index (χ4v) is 2.00.